The monoisotopic (exact) mass is 336 g/mol. The lowest BCUT2D eigenvalue weighted by molar-refractivity contribution is 0.0575. The van der Waals surface area contributed by atoms with Gasteiger partial charge in [0.1, 0.15) is 5.60 Å². The largest absolute Gasteiger partial charge is 0.416 e. The molecule has 0 N–H and O–H groups in total. The minimum Gasteiger partial charge on any atom is -0.416 e. The fourth-order valence-electron chi connectivity index (χ4n) is 4.54. The highest BCUT2D eigenvalue weighted by molar-refractivity contribution is 6.74. The van der Waals surface area contributed by atoms with Crippen LogP contribution in [0.3, 0.4) is 0 Å². The van der Waals surface area contributed by atoms with Crippen LogP contribution in [0.2, 0.25) is 18.1 Å². The van der Waals surface area contributed by atoms with Gasteiger partial charge in [-0.25, -0.2) is 0 Å². The molecule has 3 atom stereocenters. The molecule has 0 aromatic rings. The van der Waals surface area contributed by atoms with E-state index in [9.17, 15) is 0 Å². The summed E-state index contributed by atoms with van der Waals surface area (Å²) >= 11 is 0. The van der Waals surface area contributed by atoms with Crippen LogP contribution in [0.25, 0.3) is 0 Å². The first-order chi connectivity index (χ1) is 10.3. The van der Waals surface area contributed by atoms with Crippen molar-refractivity contribution in [3.63, 3.8) is 0 Å². The zero-order chi connectivity index (χ0) is 17.7. The van der Waals surface area contributed by atoms with E-state index < -0.39 is 8.32 Å². The summed E-state index contributed by atoms with van der Waals surface area (Å²) in [7, 11) is -1.74. The van der Waals surface area contributed by atoms with Gasteiger partial charge in [0.15, 0.2) is 8.32 Å². The van der Waals surface area contributed by atoms with Crippen molar-refractivity contribution < 1.29 is 9.16 Å². The van der Waals surface area contributed by atoms with E-state index in [0.29, 0.717) is 5.92 Å². The van der Waals surface area contributed by atoms with Gasteiger partial charge in [0.25, 0.3) is 0 Å². The Labute approximate surface area is 144 Å². The van der Waals surface area contributed by atoms with E-state index in [1.807, 2.05) is 0 Å². The van der Waals surface area contributed by atoms with Gasteiger partial charge in [0.05, 0.1) is 6.61 Å². The predicted octanol–water partition coefficient (Wildman–Crippen LogP) is 5.24. The first kappa shape index (κ1) is 19.0. The molecule has 1 aliphatic heterocycles. The molecular weight excluding hydrogens is 300 g/mol. The zero-order valence-electron chi connectivity index (χ0n) is 16.5. The summed E-state index contributed by atoms with van der Waals surface area (Å²) in [6, 6.07) is 0. The molecule has 1 saturated carbocycles. The Morgan fingerprint density at radius 3 is 2.26 bits per heavy atom. The average molecular weight is 337 g/mol. The summed E-state index contributed by atoms with van der Waals surface area (Å²) in [5.41, 5.74) is 0.361. The van der Waals surface area contributed by atoms with Crippen molar-refractivity contribution in [2.45, 2.75) is 84.5 Å². The summed E-state index contributed by atoms with van der Waals surface area (Å²) in [6.45, 7) is 20.4. The van der Waals surface area contributed by atoms with Crippen molar-refractivity contribution in [3.8, 4) is 12.3 Å². The van der Waals surface area contributed by atoms with Crippen LogP contribution >= 0.6 is 0 Å². The lowest BCUT2D eigenvalue weighted by Crippen LogP contribution is -2.46. The average Bonchev–Trinajstić information content (AvgIpc) is 3.13. The molecule has 1 saturated heterocycles. The number of terminal acetylenes is 1. The molecule has 0 aromatic carbocycles. The molecule has 3 heteroatoms. The number of ether oxygens (including phenoxy) is 1. The maximum atomic E-state index is 6.62. The molecule has 2 rings (SSSR count). The minimum atomic E-state index is -1.74. The Morgan fingerprint density at radius 1 is 1.26 bits per heavy atom. The quantitative estimate of drug-likeness (QED) is 0.389. The summed E-state index contributed by atoms with van der Waals surface area (Å²) < 4.78 is 12.8. The Bertz CT molecular complexity index is 491. The van der Waals surface area contributed by atoms with Crippen LogP contribution in [0.1, 0.15) is 60.8 Å². The van der Waals surface area contributed by atoms with Crippen LogP contribution < -0.4 is 0 Å². The Morgan fingerprint density at radius 2 is 1.83 bits per heavy atom. The molecule has 0 amide bonds. The molecule has 0 bridgehead atoms. The molecule has 23 heavy (non-hydrogen) atoms. The van der Waals surface area contributed by atoms with Crippen molar-refractivity contribution in [3.05, 3.63) is 0 Å². The van der Waals surface area contributed by atoms with E-state index in [0.717, 1.165) is 32.5 Å². The smallest absolute Gasteiger partial charge is 0.192 e. The van der Waals surface area contributed by atoms with Crippen LogP contribution in [-0.2, 0) is 9.16 Å². The maximum Gasteiger partial charge on any atom is 0.192 e. The fourth-order valence-corrected chi connectivity index (χ4v) is 5.65. The molecule has 0 radical (unpaired) electrons. The lowest BCUT2D eigenvalue weighted by Gasteiger charge is -2.40. The molecule has 2 fully saturated rings. The Hall–Kier alpha value is -0.303. The summed E-state index contributed by atoms with van der Waals surface area (Å²) in [5, 5.41) is 0.248. The molecule has 1 spiro atoms. The van der Waals surface area contributed by atoms with Gasteiger partial charge in [-0.3, -0.25) is 0 Å². The van der Waals surface area contributed by atoms with Gasteiger partial charge in [0.2, 0.25) is 0 Å². The molecule has 2 nitrogen and oxygen atoms in total. The molecule has 1 heterocycles. The standard InChI is InChI=1S/C20H36O2Si/c1-10-11-12-16-18(5,6)13-19(7,20(16)15-21-20)14-22-23(8,9)17(2,3)4/h1,16H,11-15H2,2-9H3/t16-,19+,20?/m0/s1. The van der Waals surface area contributed by atoms with Gasteiger partial charge >= 0.3 is 0 Å². The minimum absolute atomic E-state index is 0.00425. The van der Waals surface area contributed by atoms with Crippen LogP contribution in [0.5, 0.6) is 0 Å². The molecule has 132 valence electrons. The van der Waals surface area contributed by atoms with Crippen molar-refractivity contribution in [1.82, 2.24) is 0 Å². The van der Waals surface area contributed by atoms with Crippen molar-refractivity contribution >= 4 is 8.32 Å². The lowest BCUT2D eigenvalue weighted by atomic mass is 9.74. The van der Waals surface area contributed by atoms with E-state index in [4.69, 9.17) is 15.6 Å². The van der Waals surface area contributed by atoms with Crippen molar-refractivity contribution in [2.75, 3.05) is 13.2 Å². The highest BCUT2D eigenvalue weighted by atomic mass is 28.4. The van der Waals surface area contributed by atoms with Gasteiger partial charge in [-0.05, 0) is 42.3 Å². The maximum absolute atomic E-state index is 6.62. The van der Waals surface area contributed by atoms with Gasteiger partial charge in [-0.2, -0.15) is 0 Å². The van der Waals surface area contributed by atoms with E-state index in [1.165, 1.54) is 0 Å². The number of hydrogen-bond acceptors (Lipinski definition) is 2. The topological polar surface area (TPSA) is 21.8 Å². The second-order valence-corrected chi connectivity index (χ2v) is 15.1. The van der Waals surface area contributed by atoms with E-state index >= 15 is 0 Å². The summed E-state index contributed by atoms with van der Waals surface area (Å²) in [4.78, 5) is 0. The van der Waals surface area contributed by atoms with Gasteiger partial charge < -0.3 is 9.16 Å². The Kier molecular flexibility index (Phi) is 4.64. The highest BCUT2D eigenvalue weighted by Crippen LogP contribution is 2.67. The molecule has 0 aromatic heterocycles. The molecule has 2 aliphatic rings. The number of rotatable bonds is 5. The first-order valence-electron chi connectivity index (χ1n) is 9.03. The second-order valence-electron chi connectivity index (χ2n) is 10.2. The van der Waals surface area contributed by atoms with E-state index in [2.05, 4.69) is 60.6 Å². The fraction of sp³-hybridized carbons (Fsp3) is 0.900. The third kappa shape index (κ3) is 3.15. The molecule has 1 unspecified atom stereocenters. The molecular formula is C20H36O2Si. The second kappa shape index (κ2) is 5.61. The number of hydrogen-bond donors (Lipinski definition) is 0. The zero-order valence-corrected chi connectivity index (χ0v) is 17.5. The first-order valence-corrected chi connectivity index (χ1v) is 11.9. The highest BCUT2D eigenvalue weighted by Gasteiger charge is 2.71. The third-order valence-electron chi connectivity index (χ3n) is 6.96. The Balaban J connectivity index is 2.18. The summed E-state index contributed by atoms with van der Waals surface area (Å²) in [5.74, 6) is 3.36. The van der Waals surface area contributed by atoms with Crippen molar-refractivity contribution in [1.29, 1.82) is 0 Å². The SMILES string of the molecule is C#CCC[C@H]1C(C)(C)C[C@](C)(CO[Si](C)(C)C(C)(C)C)C12CO2. The summed E-state index contributed by atoms with van der Waals surface area (Å²) in [6.07, 6.45) is 8.60. The van der Waals surface area contributed by atoms with E-state index in [1.54, 1.807) is 0 Å². The van der Waals surface area contributed by atoms with E-state index in [-0.39, 0.29) is 21.5 Å². The van der Waals surface area contributed by atoms with Crippen LogP contribution in [0.4, 0.5) is 0 Å². The van der Waals surface area contributed by atoms with Crippen molar-refractivity contribution in [2.24, 2.45) is 16.7 Å². The van der Waals surface area contributed by atoms with Crippen LogP contribution in [-0.4, -0.2) is 27.1 Å². The van der Waals surface area contributed by atoms with Gasteiger partial charge in [-0.15, -0.1) is 12.3 Å². The van der Waals surface area contributed by atoms with Crippen LogP contribution in [0.15, 0.2) is 0 Å². The third-order valence-corrected chi connectivity index (χ3v) is 11.4. The van der Waals surface area contributed by atoms with Gasteiger partial charge in [0, 0.05) is 18.4 Å². The normalized spacial score (nSPS) is 36.2. The van der Waals surface area contributed by atoms with Gasteiger partial charge in [-0.1, -0.05) is 41.5 Å². The number of epoxide rings is 1. The predicted molar refractivity (Wildman–Crippen MR) is 99.9 cm³/mol. The van der Waals surface area contributed by atoms with Crippen LogP contribution in [0, 0.1) is 29.1 Å². The molecule has 1 aliphatic carbocycles.